The van der Waals surface area contributed by atoms with Crippen LogP contribution in [0.1, 0.15) is 54.3 Å². The van der Waals surface area contributed by atoms with Crippen LogP contribution in [-0.4, -0.2) is 23.4 Å². The number of likely N-dealkylation sites (tertiary alicyclic amines) is 1. The normalized spacial score (nSPS) is 30.1. The van der Waals surface area contributed by atoms with E-state index in [0.717, 1.165) is 27.0 Å². The summed E-state index contributed by atoms with van der Waals surface area (Å²) in [5, 5.41) is 0. The van der Waals surface area contributed by atoms with Crippen molar-refractivity contribution in [3.63, 3.8) is 0 Å². The van der Waals surface area contributed by atoms with Gasteiger partial charge in [0, 0.05) is 12.6 Å². The Kier molecular flexibility index (Phi) is 4.23. The summed E-state index contributed by atoms with van der Waals surface area (Å²) in [5.74, 6) is 1.76. The van der Waals surface area contributed by atoms with Crippen LogP contribution in [0.4, 0.5) is 0 Å². The summed E-state index contributed by atoms with van der Waals surface area (Å²) in [4.78, 5) is 15.9. The van der Waals surface area contributed by atoms with E-state index >= 15 is 0 Å². The minimum absolute atomic E-state index is 0.257. The fourth-order valence-corrected chi connectivity index (χ4v) is 5.36. The summed E-state index contributed by atoms with van der Waals surface area (Å²) >= 11 is 5.12. The summed E-state index contributed by atoms with van der Waals surface area (Å²) in [6.07, 6.45) is 6.30. The Morgan fingerprint density at radius 3 is 2.80 bits per heavy atom. The number of fused-ring (bicyclic) bond motifs is 1. The predicted octanol–water partition coefficient (Wildman–Crippen LogP) is 4.86. The van der Waals surface area contributed by atoms with Crippen molar-refractivity contribution in [1.29, 1.82) is 0 Å². The lowest BCUT2D eigenvalue weighted by Gasteiger charge is -2.47. The molecule has 4 heteroatoms. The molecular weight excluding hydrogens is 334 g/mol. The van der Waals surface area contributed by atoms with Crippen molar-refractivity contribution in [2.45, 2.75) is 52.0 Å². The first-order valence-electron chi connectivity index (χ1n) is 7.65. The Hall–Kier alpha value is -0.350. The van der Waals surface area contributed by atoms with Crippen LogP contribution in [0.3, 0.4) is 0 Å². The van der Waals surface area contributed by atoms with E-state index in [0.29, 0.717) is 6.04 Å². The average Bonchev–Trinajstić information content (AvgIpc) is 2.79. The molecule has 0 bridgehead atoms. The lowest BCUT2D eigenvalue weighted by Crippen LogP contribution is -2.52. The van der Waals surface area contributed by atoms with Gasteiger partial charge in [0.15, 0.2) is 0 Å². The first-order valence-corrected chi connectivity index (χ1v) is 9.25. The van der Waals surface area contributed by atoms with E-state index in [1.807, 2.05) is 6.07 Å². The molecule has 1 aliphatic carbocycles. The third kappa shape index (κ3) is 2.57. The first kappa shape index (κ1) is 14.6. The number of aryl methyl sites for hydroxylation is 1. The van der Waals surface area contributed by atoms with Crippen LogP contribution in [0.2, 0.25) is 0 Å². The van der Waals surface area contributed by atoms with Gasteiger partial charge in [-0.15, -0.1) is 11.3 Å². The number of carbonyl (C=O) groups is 1. The molecule has 2 aliphatic rings. The van der Waals surface area contributed by atoms with Gasteiger partial charge >= 0.3 is 0 Å². The van der Waals surface area contributed by atoms with Gasteiger partial charge in [-0.05, 0) is 65.6 Å². The summed E-state index contributed by atoms with van der Waals surface area (Å²) in [7, 11) is 0. The standard InChI is InChI=1S/C16H22BrNOS/c1-10-7-8-18(13-6-4-3-5-12(10)13)16(19)14-9-11(2)15(17)20-14/h9-10,12-13H,3-8H2,1-2H3. The molecule has 1 aromatic rings. The second kappa shape index (κ2) is 5.80. The lowest BCUT2D eigenvalue weighted by molar-refractivity contribution is 0.0221. The molecular formula is C16H22BrNOS. The van der Waals surface area contributed by atoms with Crippen LogP contribution in [0.15, 0.2) is 9.85 Å². The van der Waals surface area contributed by atoms with E-state index in [2.05, 4.69) is 34.7 Å². The second-order valence-electron chi connectivity index (χ2n) is 6.35. The van der Waals surface area contributed by atoms with Crippen molar-refractivity contribution >= 4 is 33.2 Å². The van der Waals surface area contributed by atoms with E-state index < -0.39 is 0 Å². The maximum Gasteiger partial charge on any atom is 0.264 e. The molecule has 1 saturated heterocycles. The maximum atomic E-state index is 12.8. The van der Waals surface area contributed by atoms with Crippen molar-refractivity contribution in [1.82, 2.24) is 4.90 Å². The van der Waals surface area contributed by atoms with Crippen LogP contribution in [-0.2, 0) is 0 Å². The highest BCUT2D eigenvalue weighted by atomic mass is 79.9. The highest BCUT2D eigenvalue weighted by Crippen LogP contribution is 2.40. The minimum Gasteiger partial charge on any atom is -0.335 e. The number of rotatable bonds is 1. The molecule has 3 atom stereocenters. The Balaban J connectivity index is 1.83. The number of hydrogen-bond acceptors (Lipinski definition) is 2. The predicted molar refractivity (Wildman–Crippen MR) is 87.3 cm³/mol. The molecule has 0 N–H and O–H groups in total. The largest absolute Gasteiger partial charge is 0.335 e. The number of carbonyl (C=O) groups excluding carboxylic acids is 1. The number of nitrogens with zero attached hydrogens (tertiary/aromatic N) is 1. The Morgan fingerprint density at radius 2 is 2.10 bits per heavy atom. The summed E-state index contributed by atoms with van der Waals surface area (Å²) in [6.45, 7) is 5.37. The van der Waals surface area contributed by atoms with Gasteiger partial charge in [-0.2, -0.15) is 0 Å². The number of hydrogen-bond donors (Lipinski definition) is 0. The Bertz CT molecular complexity index is 493. The van der Waals surface area contributed by atoms with E-state index in [1.165, 1.54) is 37.7 Å². The molecule has 2 nitrogen and oxygen atoms in total. The Morgan fingerprint density at radius 1 is 1.35 bits per heavy atom. The van der Waals surface area contributed by atoms with E-state index in [9.17, 15) is 4.79 Å². The van der Waals surface area contributed by atoms with Gasteiger partial charge in [-0.3, -0.25) is 4.79 Å². The SMILES string of the molecule is Cc1cc(C(=O)N2CCC(C)C3CCCCC32)sc1Br. The van der Waals surface area contributed by atoms with Gasteiger partial charge in [-0.25, -0.2) is 0 Å². The molecule has 110 valence electrons. The van der Waals surface area contributed by atoms with Gasteiger partial charge in [0.1, 0.15) is 0 Å². The molecule has 3 rings (SSSR count). The van der Waals surface area contributed by atoms with Crippen LogP contribution in [0, 0.1) is 18.8 Å². The van der Waals surface area contributed by atoms with E-state index in [1.54, 1.807) is 11.3 Å². The summed E-state index contributed by atoms with van der Waals surface area (Å²) in [6, 6.07) is 2.52. The topological polar surface area (TPSA) is 20.3 Å². The van der Waals surface area contributed by atoms with Crippen molar-refractivity contribution in [3.05, 3.63) is 20.3 Å². The molecule has 2 heterocycles. The van der Waals surface area contributed by atoms with Gasteiger partial charge in [0.2, 0.25) is 0 Å². The first-order chi connectivity index (χ1) is 9.58. The third-order valence-corrected chi connectivity index (χ3v) is 7.19. The molecule has 1 amide bonds. The van der Waals surface area contributed by atoms with Crippen LogP contribution >= 0.6 is 27.3 Å². The van der Waals surface area contributed by atoms with Gasteiger partial charge in [-0.1, -0.05) is 19.8 Å². The monoisotopic (exact) mass is 355 g/mol. The quantitative estimate of drug-likeness (QED) is 0.704. The molecule has 1 saturated carbocycles. The summed E-state index contributed by atoms with van der Waals surface area (Å²) in [5.41, 5.74) is 1.17. The zero-order valence-electron chi connectivity index (χ0n) is 12.2. The maximum absolute atomic E-state index is 12.8. The number of thiophene rings is 1. The van der Waals surface area contributed by atoms with Crippen molar-refractivity contribution in [2.75, 3.05) is 6.54 Å². The molecule has 0 radical (unpaired) electrons. The zero-order valence-corrected chi connectivity index (χ0v) is 14.6. The minimum atomic E-state index is 0.257. The van der Waals surface area contributed by atoms with Crippen LogP contribution in [0.25, 0.3) is 0 Å². The molecule has 1 aromatic heterocycles. The molecule has 1 aliphatic heterocycles. The second-order valence-corrected chi connectivity index (χ2v) is 8.72. The fourth-order valence-electron chi connectivity index (χ4n) is 3.87. The number of halogens is 1. The third-order valence-electron chi connectivity index (χ3n) is 5.07. The highest BCUT2D eigenvalue weighted by Gasteiger charge is 2.39. The van der Waals surface area contributed by atoms with Crippen LogP contribution in [0.5, 0.6) is 0 Å². The number of amides is 1. The average molecular weight is 356 g/mol. The van der Waals surface area contributed by atoms with Crippen molar-refractivity contribution in [2.24, 2.45) is 11.8 Å². The van der Waals surface area contributed by atoms with E-state index in [4.69, 9.17) is 0 Å². The van der Waals surface area contributed by atoms with Crippen LogP contribution < -0.4 is 0 Å². The summed E-state index contributed by atoms with van der Waals surface area (Å²) < 4.78 is 1.09. The van der Waals surface area contributed by atoms with Crippen molar-refractivity contribution < 1.29 is 4.79 Å². The highest BCUT2D eigenvalue weighted by molar-refractivity contribution is 9.11. The number of piperidine rings is 1. The smallest absolute Gasteiger partial charge is 0.264 e. The van der Waals surface area contributed by atoms with Gasteiger partial charge in [0.25, 0.3) is 5.91 Å². The van der Waals surface area contributed by atoms with Gasteiger partial charge in [0.05, 0.1) is 8.66 Å². The van der Waals surface area contributed by atoms with Crippen molar-refractivity contribution in [3.8, 4) is 0 Å². The lowest BCUT2D eigenvalue weighted by atomic mass is 9.72. The fraction of sp³-hybridized carbons (Fsp3) is 0.688. The molecule has 0 spiro atoms. The Labute approximate surface area is 133 Å². The molecule has 2 fully saturated rings. The zero-order chi connectivity index (χ0) is 14.3. The molecule has 20 heavy (non-hydrogen) atoms. The van der Waals surface area contributed by atoms with E-state index in [-0.39, 0.29) is 5.91 Å². The molecule has 3 unspecified atom stereocenters. The molecule has 0 aromatic carbocycles. The van der Waals surface area contributed by atoms with Gasteiger partial charge < -0.3 is 4.90 Å².